The van der Waals surface area contributed by atoms with E-state index in [0.717, 1.165) is 31.6 Å². The Morgan fingerprint density at radius 2 is 2.08 bits per heavy atom. The first-order chi connectivity index (χ1) is 12.7. The third-order valence-electron chi connectivity index (χ3n) is 4.78. The van der Waals surface area contributed by atoms with E-state index in [1.807, 2.05) is 29.9 Å². The second kappa shape index (κ2) is 7.09. The van der Waals surface area contributed by atoms with Crippen molar-refractivity contribution in [3.8, 4) is 22.7 Å². The number of imidazole rings is 1. The van der Waals surface area contributed by atoms with E-state index in [4.69, 9.17) is 0 Å². The van der Waals surface area contributed by atoms with Gasteiger partial charge in [-0.25, -0.2) is 9.97 Å². The van der Waals surface area contributed by atoms with Crippen molar-refractivity contribution in [1.29, 1.82) is 0 Å². The van der Waals surface area contributed by atoms with Crippen molar-refractivity contribution in [2.75, 3.05) is 25.0 Å². The molecule has 2 aromatic heterocycles. The molecule has 134 valence electrons. The zero-order valence-corrected chi connectivity index (χ0v) is 14.6. The second-order valence-electron chi connectivity index (χ2n) is 6.41. The van der Waals surface area contributed by atoms with Crippen molar-refractivity contribution in [3.05, 3.63) is 43.1 Å². The van der Waals surface area contributed by atoms with E-state index in [9.17, 15) is 5.11 Å². The largest absolute Gasteiger partial charge is 0.507 e. The summed E-state index contributed by atoms with van der Waals surface area (Å²) in [5.74, 6) is 0.738. The van der Waals surface area contributed by atoms with Gasteiger partial charge in [-0.3, -0.25) is 0 Å². The van der Waals surface area contributed by atoms with Crippen LogP contribution in [0.2, 0.25) is 0 Å². The molecule has 1 fully saturated rings. The molecule has 0 saturated carbocycles. The maximum absolute atomic E-state index is 10.4. The first-order valence-corrected chi connectivity index (χ1v) is 8.67. The molecule has 0 amide bonds. The van der Waals surface area contributed by atoms with Gasteiger partial charge in [-0.15, -0.1) is 10.2 Å². The number of rotatable bonds is 4. The molecule has 0 bridgehead atoms. The maximum Gasteiger partial charge on any atom is 0.245 e. The van der Waals surface area contributed by atoms with Crippen LogP contribution in [0.1, 0.15) is 12.8 Å². The normalized spacial score (nSPS) is 15.1. The molecule has 2 N–H and O–H groups in total. The quantitative estimate of drug-likeness (QED) is 0.738. The molecule has 3 aromatic rings. The minimum Gasteiger partial charge on any atom is -0.507 e. The standard InChI is InChI=1S/C18H21N7O/c1-24(13-4-6-19-7-5-13)18-21-11-16(22-23-18)15-3-2-14(10-17(15)26)25-9-8-20-12-25/h2-3,8-13,19,26H,4-7H2,1H3. The van der Waals surface area contributed by atoms with E-state index >= 15 is 0 Å². The molecule has 1 aromatic carbocycles. The molecule has 0 spiro atoms. The lowest BCUT2D eigenvalue weighted by molar-refractivity contribution is 0.439. The Hall–Kier alpha value is -3.00. The Kier molecular flexibility index (Phi) is 4.49. The van der Waals surface area contributed by atoms with Crippen LogP contribution in [0, 0.1) is 0 Å². The van der Waals surface area contributed by atoms with Crippen LogP contribution in [0.4, 0.5) is 5.95 Å². The first kappa shape index (κ1) is 16.5. The zero-order chi connectivity index (χ0) is 17.9. The van der Waals surface area contributed by atoms with Gasteiger partial charge in [0.25, 0.3) is 0 Å². The van der Waals surface area contributed by atoms with Crippen LogP contribution in [-0.4, -0.2) is 56.0 Å². The summed E-state index contributed by atoms with van der Waals surface area (Å²) < 4.78 is 1.82. The van der Waals surface area contributed by atoms with Crippen LogP contribution in [0.25, 0.3) is 16.9 Å². The summed E-state index contributed by atoms with van der Waals surface area (Å²) in [6.45, 7) is 2.02. The number of phenolic OH excluding ortho intramolecular Hbond substituents is 1. The van der Waals surface area contributed by atoms with E-state index < -0.39 is 0 Å². The van der Waals surface area contributed by atoms with Gasteiger partial charge in [0.05, 0.1) is 18.2 Å². The number of benzene rings is 1. The molecule has 0 radical (unpaired) electrons. The predicted octanol–water partition coefficient (Wildman–Crippen LogP) is 1.62. The molecule has 4 rings (SSSR count). The van der Waals surface area contributed by atoms with Gasteiger partial charge < -0.3 is 19.9 Å². The van der Waals surface area contributed by atoms with Crippen molar-refractivity contribution in [2.24, 2.45) is 0 Å². The molecule has 1 aliphatic heterocycles. The van der Waals surface area contributed by atoms with Gasteiger partial charge in [-0.05, 0) is 38.1 Å². The van der Waals surface area contributed by atoms with Gasteiger partial charge >= 0.3 is 0 Å². The van der Waals surface area contributed by atoms with E-state index in [1.54, 1.807) is 24.8 Å². The highest BCUT2D eigenvalue weighted by Gasteiger charge is 2.20. The highest BCUT2D eigenvalue weighted by molar-refractivity contribution is 5.68. The molecule has 1 saturated heterocycles. The summed E-state index contributed by atoms with van der Waals surface area (Å²) in [7, 11) is 2.00. The van der Waals surface area contributed by atoms with E-state index in [2.05, 4.69) is 30.4 Å². The summed E-state index contributed by atoms with van der Waals surface area (Å²) in [5, 5.41) is 22.3. The molecular formula is C18H21N7O. The minimum atomic E-state index is 0.131. The lowest BCUT2D eigenvalue weighted by Gasteiger charge is -2.31. The fourth-order valence-corrected chi connectivity index (χ4v) is 3.22. The molecule has 0 unspecified atom stereocenters. The molecule has 0 aliphatic carbocycles. The zero-order valence-electron chi connectivity index (χ0n) is 14.6. The number of aromatic nitrogens is 5. The summed E-state index contributed by atoms with van der Waals surface area (Å²) in [4.78, 5) is 10.5. The Balaban J connectivity index is 1.55. The molecule has 3 heterocycles. The number of hydrogen-bond donors (Lipinski definition) is 2. The first-order valence-electron chi connectivity index (χ1n) is 8.67. The molecule has 8 heteroatoms. The van der Waals surface area contributed by atoms with Gasteiger partial charge in [0.15, 0.2) is 0 Å². The van der Waals surface area contributed by atoms with Crippen LogP contribution < -0.4 is 10.2 Å². The summed E-state index contributed by atoms with van der Waals surface area (Å²) in [5.41, 5.74) is 1.97. The third kappa shape index (κ3) is 3.23. The second-order valence-corrected chi connectivity index (χ2v) is 6.41. The lowest BCUT2D eigenvalue weighted by Crippen LogP contribution is -2.41. The van der Waals surface area contributed by atoms with Gasteiger partial charge in [0, 0.05) is 37.1 Å². The van der Waals surface area contributed by atoms with Crippen molar-refractivity contribution in [1.82, 2.24) is 30.0 Å². The summed E-state index contributed by atoms with van der Waals surface area (Å²) >= 11 is 0. The summed E-state index contributed by atoms with van der Waals surface area (Å²) in [6, 6.07) is 5.81. The van der Waals surface area contributed by atoms with Crippen molar-refractivity contribution in [3.63, 3.8) is 0 Å². The van der Waals surface area contributed by atoms with Crippen molar-refractivity contribution < 1.29 is 5.11 Å². The van der Waals surface area contributed by atoms with E-state index in [1.165, 1.54) is 0 Å². The van der Waals surface area contributed by atoms with Gasteiger partial charge in [0.1, 0.15) is 11.4 Å². The van der Waals surface area contributed by atoms with E-state index in [-0.39, 0.29) is 5.75 Å². The highest BCUT2D eigenvalue weighted by Crippen LogP contribution is 2.29. The molecule has 26 heavy (non-hydrogen) atoms. The van der Waals surface area contributed by atoms with Crippen LogP contribution in [-0.2, 0) is 0 Å². The molecule has 1 aliphatic rings. The van der Waals surface area contributed by atoms with Crippen molar-refractivity contribution >= 4 is 5.95 Å². The Morgan fingerprint density at radius 3 is 2.73 bits per heavy atom. The summed E-state index contributed by atoms with van der Waals surface area (Å²) in [6.07, 6.45) is 8.99. The van der Waals surface area contributed by atoms with Gasteiger partial charge in [0.2, 0.25) is 5.95 Å². The number of piperidine rings is 1. The molecule has 0 atom stereocenters. The lowest BCUT2D eigenvalue weighted by atomic mass is 10.1. The predicted molar refractivity (Wildman–Crippen MR) is 98.3 cm³/mol. The third-order valence-corrected chi connectivity index (χ3v) is 4.78. The Bertz CT molecular complexity index is 858. The highest BCUT2D eigenvalue weighted by atomic mass is 16.3. The van der Waals surface area contributed by atoms with Crippen LogP contribution in [0.3, 0.4) is 0 Å². The average Bonchev–Trinajstić information content (AvgIpc) is 3.23. The topological polar surface area (TPSA) is 92.0 Å². The smallest absolute Gasteiger partial charge is 0.245 e. The monoisotopic (exact) mass is 351 g/mol. The average molecular weight is 351 g/mol. The van der Waals surface area contributed by atoms with Crippen molar-refractivity contribution in [2.45, 2.75) is 18.9 Å². The molecule has 8 nitrogen and oxygen atoms in total. The number of nitrogens with zero attached hydrogens (tertiary/aromatic N) is 6. The SMILES string of the molecule is CN(c1ncc(-c2ccc(-n3ccnc3)cc2O)nn1)C1CCNCC1. The van der Waals surface area contributed by atoms with Crippen LogP contribution in [0.5, 0.6) is 5.75 Å². The number of phenols is 1. The van der Waals surface area contributed by atoms with Crippen LogP contribution in [0.15, 0.2) is 43.1 Å². The molecular weight excluding hydrogens is 330 g/mol. The van der Waals surface area contributed by atoms with E-state index in [0.29, 0.717) is 23.2 Å². The van der Waals surface area contributed by atoms with Gasteiger partial charge in [-0.2, -0.15) is 0 Å². The van der Waals surface area contributed by atoms with Crippen LogP contribution >= 0.6 is 0 Å². The fraction of sp³-hybridized carbons (Fsp3) is 0.333. The minimum absolute atomic E-state index is 0.131. The Labute approximate surface area is 151 Å². The van der Waals surface area contributed by atoms with Gasteiger partial charge in [-0.1, -0.05) is 0 Å². The number of anilines is 1. The maximum atomic E-state index is 10.4. The number of hydrogen-bond acceptors (Lipinski definition) is 7. The Morgan fingerprint density at radius 1 is 1.23 bits per heavy atom. The number of aromatic hydroxyl groups is 1. The number of nitrogens with one attached hydrogen (secondary N) is 1. The fourth-order valence-electron chi connectivity index (χ4n) is 3.22.